The number of amidine groups is 1. The van der Waals surface area contributed by atoms with Gasteiger partial charge in [-0.15, -0.1) is 5.10 Å². The maximum Gasteiger partial charge on any atom is 0.240 e. The fourth-order valence-corrected chi connectivity index (χ4v) is 3.44. The summed E-state index contributed by atoms with van der Waals surface area (Å²) in [6, 6.07) is 18.9. The molecule has 1 saturated heterocycles. The average molecular weight is 377 g/mol. The number of carbonyl (C=O) groups is 2. The molecule has 5 nitrogen and oxygen atoms in total. The number of ketones is 1. The Hall–Kier alpha value is -2.99. The monoisotopic (exact) mass is 377 g/mol. The summed E-state index contributed by atoms with van der Waals surface area (Å²) in [6.07, 6.45) is 3.76. The molecule has 6 heteroatoms. The number of carbonyl (C=O) groups excluding carboxylic acids is 2. The van der Waals surface area contributed by atoms with E-state index in [1.165, 1.54) is 11.8 Å². The summed E-state index contributed by atoms with van der Waals surface area (Å²) in [7, 11) is 0. The molecule has 136 valence electrons. The fourth-order valence-electron chi connectivity index (χ4n) is 2.52. The highest BCUT2D eigenvalue weighted by molar-refractivity contribution is 8.15. The number of thioether (sulfide) groups is 1. The third kappa shape index (κ3) is 5.49. The normalized spacial score (nSPS) is 18.9. The van der Waals surface area contributed by atoms with E-state index in [9.17, 15) is 9.59 Å². The minimum atomic E-state index is -0.479. The molecule has 1 fully saturated rings. The number of allylic oxidation sites excluding steroid dienone is 1. The first-order valence-corrected chi connectivity index (χ1v) is 9.40. The Balaban J connectivity index is 1.58. The summed E-state index contributed by atoms with van der Waals surface area (Å²) in [4.78, 5) is 24.3. The van der Waals surface area contributed by atoms with E-state index in [0.29, 0.717) is 10.7 Å². The molecule has 2 aromatic rings. The van der Waals surface area contributed by atoms with Crippen LogP contribution < -0.4 is 5.32 Å². The molecule has 2 aromatic carbocycles. The van der Waals surface area contributed by atoms with Gasteiger partial charge in [-0.25, -0.2) is 0 Å². The van der Waals surface area contributed by atoms with Crippen molar-refractivity contribution in [2.75, 3.05) is 0 Å². The van der Waals surface area contributed by atoms with Gasteiger partial charge >= 0.3 is 0 Å². The van der Waals surface area contributed by atoms with E-state index in [2.05, 4.69) is 15.5 Å². The van der Waals surface area contributed by atoms with Gasteiger partial charge < -0.3 is 5.32 Å². The van der Waals surface area contributed by atoms with E-state index >= 15 is 0 Å². The van der Waals surface area contributed by atoms with E-state index in [-0.39, 0.29) is 18.1 Å². The van der Waals surface area contributed by atoms with Crippen LogP contribution in [0.5, 0.6) is 0 Å². The molecular weight excluding hydrogens is 358 g/mol. The Bertz CT molecular complexity index is 906. The van der Waals surface area contributed by atoms with Crippen LogP contribution in [0.1, 0.15) is 29.3 Å². The second-order valence-corrected chi connectivity index (χ2v) is 7.23. The summed E-state index contributed by atoms with van der Waals surface area (Å²) in [5.41, 5.74) is 2.63. The Morgan fingerprint density at radius 1 is 1.11 bits per heavy atom. The lowest BCUT2D eigenvalue weighted by molar-refractivity contribution is -0.118. The van der Waals surface area contributed by atoms with Gasteiger partial charge in [0.1, 0.15) is 0 Å². The second kappa shape index (κ2) is 9.09. The quantitative estimate of drug-likeness (QED) is 0.471. The van der Waals surface area contributed by atoms with Gasteiger partial charge in [-0.1, -0.05) is 78.5 Å². The first-order chi connectivity index (χ1) is 13.1. The highest BCUT2D eigenvalue weighted by atomic mass is 32.2. The number of Topliss-reactive ketones (excluding diaryl/α,β-unsaturated/α-hetero) is 1. The number of nitrogens with zero attached hydrogens (tertiary/aromatic N) is 2. The molecule has 1 N–H and O–H groups in total. The Morgan fingerprint density at radius 3 is 2.48 bits per heavy atom. The van der Waals surface area contributed by atoms with E-state index < -0.39 is 5.25 Å². The zero-order valence-electron chi connectivity index (χ0n) is 14.8. The third-order valence-corrected chi connectivity index (χ3v) is 4.92. The van der Waals surface area contributed by atoms with Gasteiger partial charge in [0.25, 0.3) is 0 Å². The van der Waals surface area contributed by atoms with Gasteiger partial charge in [0.15, 0.2) is 11.0 Å². The molecule has 3 rings (SSSR count). The summed E-state index contributed by atoms with van der Waals surface area (Å²) in [6.45, 7) is 1.93. The smallest absolute Gasteiger partial charge is 0.240 e. The van der Waals surface area contributed by atoms with Crippen molar-refractivity contribution >= 4 is 40.9 Å². The largest absolute Gasteiger partial charge is 0.303 e. The lowest BCUT2D eigenvalue weighted by atomic mass is 10.1. The SMILES string of the molecule is CC(C=NN=C1NC(=O)C(CC(=O)c2ccccc2)S1)=Cc1ccccc1. The molecule has 0 radical (unpaired) electrons. The number of nitrogens with one attached hydrogen (secondary N) is 1. The number of amides is 1. The second-order valence-electron chi connectivity index (χ2n) is 6.04. The molecule has 0 bridgehead atoms. The van der Waals surface area contributed by atoms with Crippen molar-refractivity contribution in [2.45, 2.75) is 18.6 Å². The summed E-state index contributed by atoms with van der Waals surface area (Å²) in [5.74, 6) is -0.274. The molecule has 1 aliphatic heterocycles. The summed E-state index contributed by atoms with van der Waals surface area (Å²) >= 11 is 1.23. The van der Waals surface area contributed by atoms with Crippen LogP contribution in [0.15, 0.2) is 76.4 Å². The van der Waals surface area contributed by atoms with Crippen molar-refractivity contribution in [2.24, 2.45) is 10.2 Å². The van der Waals surface area contributed by atoms with Crippen LogP contribution in [0.2, 0.25) is 0 Å². The van der Waals surface area contributed by atoms with E-state index in [4.69, 9.17) is 0 Å². The molecule has 27 heavy (non-hydrogen) atoms. The standard InChI is InChI=1S/C21H19N3O2S/c1-15(12-16-8-4-2-5-9-16)14-22-24-21-23-20(26)19(27-21)13-18(25)17-10-6-3-7-11-17/h2-12,14,19H,13H2,1H3,(H,23,24,26). The van der Waals surface area contributed by atoms with Gasteiger partial charge in [-0.05, 0) is 18.1 Å². The zero-order chi connectivity index (χ0) is 19.1. The van der Waals surface area contributed by atoms with Crippen LogP contribution in [-0.4, -0.2) is 28.3 Å². The van der Waals surface area contributed by atoms with Crippen LogP contribution in [0, 0.1) is 0 Å². The van der Waals surface area contributed by atoms with Gasteiger partial charge in [0.05, 0.1) is 11.5 Å². The third-order valence-electron chi connectivity index (χ3n) is 3.85. The molecule has 1 aliphatic rings. The molecule has 1 atom stereocenters. The van der Waals surface area contributed by atoms with E-state index in [1.807, 2.05) is 61.5 Å². The zero-order valence-corrected chi connectivity index (χ0v) is 15.6. The number of hydrogen-bond acceptors (Lipinski definition) is 5. The van der Waals surface area contributed by atoms with Crippen LogP contribution in [0.4, 0.5) is 0 Å². The van der Waals surface area contributed by atoms with Crippen molar-refractivity contribution in [3.63, 3.8) is 0 Å². The molecule has 0 saturated carbocycles. The van der Waals surface area contributed by atoms with Crippen molar-refractivity contribution in [1.82, 2.24) is 5.32 Å². The van der Waals surface area contributed by atoms with Crippen molar-refractivity contribution in [3.05, 3.63) is 77.4 Å². The topological polar surface area (TPSA) is 70.9 Å². The first-order valence-electron chi connectivity index (χ1n) is 8.52. The molecule has 0 aromatic heterocycles. The van der Waals surface area contributed by atoms with Crippen LogP contribution in [0.25, 0.3) is 6.08 Å². The van der Waals surface area contributed by atoms with Gasteiger partial charge in [0, 0.05) is 12.0 Å². The molecule has 0 spiro atoms. The van der Waals surface area contributed by atoms with Crippen LogP contribution >= 0.6 is 11.8 Å². The maximum atomic E-state index is 12.3. The minimum Gasteiger partial charge on any atom is -0.303 e. The van der Waals surface area contributed by atoms with Crippen LogP contribution in [0.3, 0.4) is 0 Å². The van der Waals surface area contributed by atoms with Gasteiger partial charge in [0.2, 0.25) is 5.91 Å². The van der Waals surface area contributed by atoms with Crippen molar-refractivity contribution in [3.8, 4) is 0 Å². The number of hydrogen-bond donors (Lipinski definition) is 1. The van der Waals surface area contributed by atoms with Gasteiger partial charge in [-0.3, -0.25) is 9.59 Å². The van der Waals surface area contributed by atoms with Crippen molar-refractivity contribution in [1.29, 1.82) is 0 Å². The van der Waals surface area contributed by atoms with E-state index in [0.717, 1.165) is 11.1 Å². The van der Waals surface area contributed by atoms with Crippen molar-refractivity contribution < 1.29 is 9.59 Å². The Kier molecular flexibility index (Phi) is 6.33. The molecule has 1 unspecified atom stereocenters. The Labute approximate surface area is 162 Å². The van der Waals surface area contributed by atoms with Crippen LogP contribution in [-0.2, 0) is 4.79 Å². The average Bonchev–Trinajstić information content (AvgIpc) is 3.02. The fraction of sp³-hybridized carbons (Fsp3) is 0.143. The highest BCUT2D eigenvalue weighted by Gasteiger charge is 2.32. The molecular formula is C21H19N3O2S. The molecule has 1 heterocycles. The summed E-state index contributed by atoms with van der Waals surface area (Å²) < 4.78 is 0. The summed E-state index contributed by atoms with van der Waals surface area (Å²) in [5, 5.41) is 10.7. The Morgan fingerprint density at radius 2 is 1.78 bits per heavy atom. The lowest BCUT2D eigenvalue weighted by Crippen LogP contribution is -2.26. The highest BCUT2D eigenvalue weighted by Crippen LogP contribution is 2.24. The number of rotatable bonds is 6. The predicted molar refractivity (Wildman–Crippen MR) is 111 cm³/mol. The van der Waals surface area contributed by atoms with E-state index in [1.54, 1.807) is 18.3 Å². The lowest BCUT2D eigenvalue weighted by Gasteiger charge is -2.04. The number of benzene rings is 2. The minimum absolute atomic E-state index is 0.0605. The van der Waals surface area contributed by atoms with Gasteiger partial charge in [-0.2, -0.15) is 5.10 Å². The molecule has 0 aliphatic carbocycles. The maximum absolute atomic E-state index is 12.3. The predicted octanol–water partition coefficient (Wildman–Crippen LogP) is 3.94. The molecule has 1 amide bonds. The first kappa shape index (κ1) is 18.8.